The predicted octanol–water partition coefficient (Wildman–Crippen LogP) is 3.01. The topological polar surface area (TPSA) is 53.1 Å². The predicted molar refractivity (Wildman–Crippen MR) is 78.2 cm³/mol. The molecule has 0 aromatic rings. The zero-order valence-electron chi connectivity index (χ0n) is 12.9. The van der Waals surface area contributed by atoms with Gasteiger partial charge in [-0.05, 0) is 37.6 Å². The van der Waals surface area contributed by atoms with Crippen molar-refractivity contribution in [2.45, 2.75) is 59.4 Å². The van der Waals surface area contributed by atoms with Crippen LogP contribution in [0.25, 0.3) is 0 Å². The van der Waals surface area contributed by atoms with Gasteiger partial charge in [0.15, 0.2) is 0 Å². The summed E-state index contributed by atoms with van der Waals surface area (Å²) in [6, 6.07) is 2.24. The van der Waals surface area contributed by atoms with Gasteiger partial charge < -0.3 is 10.6 Å². The quantitative estimate of drug-likeness (QED) is 0.687. The summed E-state index contributed by atoms with van der Waals surface area (Å²) in [5, 5.41) is 9.05. The van der Waals surface area contributed by atoms with Crippen LogP contribution in [-0.2, 0) is 0 Å². The number of nitrogens with zero attached hydrogens (tertiary/aromatic N) is 2. The van der Waals surface area contributed by atoms with Gasteiger partial charge in [-0.2, -0.15) is 5.26 Å². The molecule has 106 valence electrons. The van der Waals surface area contributed by atoms with E-state index in [1.807, 2.05) is 6.92 Å². The van der Waals surface area contributed by atoms with E-state index in [0.29, 0.717) is 11.8 Å². The molecule has 0 amide bonds. The van der Waals surface area contributed by atoms with Crippen molar-refractivity contribution in [3.05, 3.63) is 0 Å². The van der Waals surface area contributed by atoms with Gasteiger partial charge >= 0.3 is 0 Å². The van der Waals surface area contributed by atoms with Gasteiger partial charge in [0.05, 0.1) is 6.07 Å². The molecule has 0 aromatic carbocycles. The van der Waals surface area contributed by atoms with Crippen LogP contribution in [0.5, 0.6) is 0 Å². The second-order valence-corrected chi connectivity index (χ2v) is 6.27. The average Bonchev–Trinajstić information content (AvgIpc) is 2.27. The van der Waals surface area contributed by atoms with Crippen LogP contribution in [-0.4, -0.2) is 30.1 Å². The van der Waals surface area contributed by atoms with E-state index < -0.39 is 5.54 Å². The van der Waals surface area contributed by atoms with Crippen LogP contribution in [0.3, 0.4) is 0 Å². The zero-order valence-corrected chi connectivity index (χ0v) is 12.9. The summed E-state index contributed by atoms with van der Waals surface area (Å²) < 4.78 is 0. The molecule has 0 aliphatic heterocycles. The Labute approximate surface area is 113 Å². The van der Waals surface area contributed by atoms with Crippen molar-refractivity contribution in [1.29, 1.82) is 5.26 Å². The number of rotatable bonds is 9. The zero-order chi connectivity index (χ0) is 14.2. The molecule has 0 bridgehead atoms. The van der Waals surface area contributed by atoms with Crippen molar-refractivity contribution >= 4 is 0 Å². The summed E-state index contributed by atoms with van der Waals surface area (Å²) in [6.07, 6.45) is 2.54. The molecule has 0 spiro atoms. The first-order valence-electron chi connectivity index (χ1n) is 7.25. The Morgan fingerprint density at radius 2 is 1.67 bits per heavy atom. The molecule has 0 saturated carbocycles. The Morgan fingerprint density at radius 3 is 2.00 bits per heavy atom. The van der Waals surface area contributed by atoms with Gasteiger partial charge in [0.25, 0.3) is 0 Å². The molecule has 0 radical (unpaired) electrons. The molecule has 2 N–H and O–H groups in total. The van der Waals surface area contributed by atoms with Crippen LogP contribution in [0.2, 0.25) is 0 Å². The third kappa shape index (κ3) is 7.68. The van der Waals surface area contributed by atoms with Crippen molar-refractivity contribution in [2.24, 2.45) is 17.6 Å². The van der Waals surface area contributed by atoms with Gasteiger partial charge in [-0.15, -0.1) is 0 Å². The molecule has 0 aliphatic rings. The standard InChI is InChI=1S/C15H31N3/c1-6-15(17,12-16)8-7-9-18(10-13(2)3)11-14(4)5/h13-14H,6-11,17H2,1-5H3. The highest BCUT2D eigenvalue weighted by atomic mass is 15.1. The molecular weight excluding hydrogens is 222 g/mol. The van der Waals surface area contributed by atoms with Crippen LogP contribution >= 0.6 is 0 Å². The van der Waals surface area contributed by atoms with E-state index >= 15 is 0 Å². The number of nitriles is 1. The highest BCUT2D eigenvalue weighted by Gasteiger charge is 2.21. The van der Waals surface area contributed by atoms with Crippen LogP contribution in [0.15, 0.2) is 0 Å². The van der Waals surface area contributed by atoms with Gasteiger partial charge in [0.1, 0.15) is 5.54 Å². The van der Waals surface area contributed by atoms with Crippen LogP contribution in [0.4, 0.5) is 0 Å². The Hall–Kier alpha value is -0.590. The normalized spacial score (nSPS) is 15.1. The molecule has 1 atom stereocenters. The second-order valence-electron chi connectivity index (χ2n) is 6.27. The highest BCUT2D eigenvalue weighted by molar-refractivity contribution is 5.03. The van der Waals surface area contributed by atoms with Gasteiger partial charge in [0, 0.05) is 13.1 Å². The van der Waals surface area contributed by atoms with Crippen molar-refractivity contribution in [3.63, 3.8) is 0 Å². The summed E-state index contributed by atoms with van der Waals surface area (Å²) >= 11 is 0. The maximum Gasteiger partial charge on any atom is 0.104 e. The number of hydrogen-bond donors (Lipinski definition) is 1. The summed E-state index contributed by atoms with van der Waals surface area (Å²) in [7, 11) is 0. The maximum absolute atomic E-state index is 9.05. The molecule has 18 heavy (non-hydrogen) atoms. The van der Waals surface area contributed by atoms with Crippen LogP contribution in [0.1, 0.15) is 53.9 Å². The van der Waals surface area contributed by atoms with Crippen LogP contribution < -0.4 is 5.73 Å². The number of hydrogen-bond acceptors (Lipinski definition) is 3. The van der Waals surface area contributed by atoms with Gasteiger partial charge in [-0.25, -0.2) is 0 Å². The molecule has 3 nitrogen and oxygen atoms in total. The van der Waals surface area contributed by atoms with Crippen molar-refractivity contribution < 1.29 is 0 Å². The lowest BCUT2D eigenvalue weighted by Gasteiger charge is -2.27. The fourth-order valence-corrected chi connectivity index (χ4v) is 2.22. The fraction of sp³-hybridized carbons (Fsp3) is 0.933. The van der Waals surface area contributed by atoms with E-state index in [1.165, 1.54) is 0 Å². The summed E-state index contributed by atoms with van der Waals surface area (Å²) in [6.45, 7) is 14.3. The Morgan fingerprint density at radius 1 is 1.17 bits per heavy atom. The van der Waals surface area contributed by atoms with E-state index in [9.17, 15) is 0 Å². The molecule has 0 fully saturated rings. The Bertz CT molecular complexity index is 245. The third-order valence-corrected chi connectivity index (χ3v) is 3.20. The lowest BCUT2D eigenvalue weighted by atomic mass is 9.93. The molecule has 0 aromatic heterocycles. The molecule has 0 saturated heterocycles. The minimum Gasteiger partial charge on any atom is -0.313 e. The van der Waals surface area contributed by atoms with Crippen LogP contribution in [0, 0.1) is 23.2 Å². The van der Waals surface area contributed by atoms with E-state index in [-0.39, 0.29) is 0 Å². The molecule has 0 aliphatic carbocycles. The Kier molecular flexibility index (Phi) is 8.22. The summed E-state index contributed by atoms with van der Waals surface area (Å²) in [4.78, 5) is 2.50. The number of nitrogens with two attached hydrogens (primary N) is 1. The van der Waals surface area contributed by atoms with E-state index in [2.05, 4.69) is 38.7 Å². The van der Waals surface area contributed by atoms with Gasteiger partial charge in [-0.1, -0.05) is 34.6 Å². The SMILES string of the molecule is CCC(N)(C#N)CCCN(CC(C)C)CC(C)C. The largest absolute Gasteiger partial charge is 0.313 e. The van der Waals surface area contributed by atoms with Gasteiger partial charge in [-0.3, -0.25) is 0 Å². The highest BCUT2D eigenvalue weighted by Crippen LogP contribution is 2.14. The molecule has 0 heterocycles. The van der Waals surface area contributed by atoms with E-state index in [0.717, 1.165) is 38.9 Å². The lowest BCUT2D eigenvalue weighted by molar-refractivity contribution is 0.211. The molecule has 3 heteroatoms. The molecule has 1 unspecified atom stereocenters. The van der Waals surface area contributed by atoms with Crippen molar-refractivity contribution in [2.75, 3.05) is 19.6 Å². The first-order chi connectivity index (χ1) is 8.33. The second kappa shape index (κ2) is 8.50. The monoisotopic (exact) mass is 253 g/mol. The van der Waals surface area contributed by atoms with E-state index in [1.54, 1.807) is 0 Å². The molecular formula is C15H31N3. The fourth-order valence-electron chi connectivity index (χ4n) is 2.22. The first-order valence-corrected chi connectivity index (χ1v) is 7.25. The van der Waals surface area contributed by atoms with Gasteiger partial charge in [0.2, 0.25) is 0 Å². The van der Waals surface area contributed by atoms with Crippen molar-refractivity contribution in [3.8, 4) is 6.07 Å². The maximum atomic E-state index is 9.05. The summed E-state index contributed by atoms with van der Waals surface area (Å²) in [5.74, 6) is 1.38. The van der Waals surface area contributed by atoms with Crippen molar-refractivity contribution in [1.82, 2.24) is 4.90 Å². The minimum atomic E-state index is -0.624. The van der Waals surface area contributed by atoms with E-state index in [4.69, 9.17) is 11.0 Å². The average molecular weight is 253 g/mol. The minimum absolute atomic E-state index is 0.624. The smallest absolute Gasteiger partial charge is 0.104 e. The summed E-state index contributed by atoms with van der Waals surface area (Å²) in [5.41, 5.74) is 5.38. The third-order valence-electron chi connectivity index (χ3n) is 3.20. The Balaban J connectivity index is 4.14. The molecule has 0 rings (SSSR count). The lowest BCUT2D eigenvalue weighted by Crippen LogP contribution is -2.39. The first kappa shape index (κ1) is 17.4.